The number of Topliss-reactive ketones (excluding diaryl/α,β-unsaturated/α-hetero) is 1. The standard InChI is InChI=1S/C13H22O3/c1-9(2)8-16-12(15)13(5,6)7-11(14)10(3)4/h9H,3,7-8H2,1-2,4-6H3. The maximum absolute atomic E-state index is 11.7. The molecule has 0 atom stereocenters. The zero-order valence-electron chi connectivity index (χ0n) is 10.9. The van der Waals surface area contributed by atoms with E-state index < -0.39 is 5.41 Å². The summed E-state index contributed by atoms with van der Waals surface area (Å²) in [4.78, 5) is 23.2. The maximum atomic E-state index is 11.7. The van der Waals surface area contributed by atoms with E-state index in [4.69, 9.17) is 4.74 Å². The van der Waals surface area contributed by atoms with Crippen LogP contribution < -0.4 is 0 Å². The van der Waals surface area contributed by atoms with E-state index in [1.165, 1.54) is 0 Å². The van der Waals surface area contributed by atoms with Gasteiger partial charge in [-0.05, 0) is 32.3 Å². The average molecular weight is 226 g/mol. The number of allylic oxidation sites excluding steroid dienone is 1. The molecule has 0 saturated carbocycles. The van der Waals surface area contributed by atoms with Gasteiger partial charge in [0.1, 0.15) is 0 Å². The van der Waals surface area contributed by atoms with Crippen LogP contribution in [0.15, 0.2) is 12.2 Å². The van der Waals surface area contributed by atoms with Crippen molar-refractivity contribution in [2.24, 2.45) is 11.3 Å². The molecule has 0 N–H and O–H groups in total. The summed E-state index contributed by atoms with van der Waals surface area (Å²) in [6, 6.07) is 0. The zero-order valence-corrected chi connectivity index (χ0v) is 10.9. The Hall–Kier alpha value is -1.12. The molecule has 0 fully saturated rings. The zero-order chi connectivity index (χ0) is 12.9. The first-order valence-corrected chi connectivity index (χ1v) is 5.52. The molecule has 0 aromatic heterocycles. The van der Waals surface area contributed by atoms with Crippen LogP contribution in [-0.4, -0.2) is 18.4 Å². The minimum Gasteiger partial charge on any atom is -0.465 e. The third-order valence-corrected chi connectivity index (χ3v) is 2.18. The van der Waals surface area contributed by atoms with Crippen LogP contribution in [0.2, 0.25) is 0 Å². The van der Waals surface area contributed by atoms with Gasteiger partial charge in [0.05, 0.1) is 12.0 Å². The lowest BCUT2D eigenvalue weighted by Gasteiger charge is -2.22. The molecule has 3 nitrogen and oxygen atoms in total. The Morgan fingerprint density at radius 1 is 1.31 bits per heavy atom. The van der Waals surface area contributed by atoms with Crippen LogP contribution >= 0.6 is 0 Å². The Morgan fingerprint density at radius 2 is 1.81 bits per heavy atom. The number of ketones is 1. The van der Waals surface area contributed by atoms with Gasteiger partial charge in [0.15, 0.2) is 5.78 Å². The van der Waals surface area contributed by atoms with Gasteiger partial charge in [-0.2, -0.15) is 0 Å². The summed E-state index contributed by atoms with van der Waals surface area (Å²) < 4.78 is 5.13. The Labute approximate surface area is 97.9 Å². The van der Waals surface area contributed by atoms with Crippen molar-refractivity contribution in [3.05, 3.63) is 12.2 Å². The van der Waals surface area contributed by atoms with Gasteiger partial charge in [-0.3, -0.25) is 9.59 Å². The van der Waals surface area contributed by atoms with Gasteiger partial charge in [0, 0.05) is 6.42 Å². The van der Waals surface area contributed by atoms with Crippen molar-refractivity contribution in [1.82, 2.24) is 0 Å². The molecule has 0 unspecified atom stereocenters. The van der Waals surface area contributed by atoms with Crippen LogP contribution in [0.1, 0.15) is 41.0 Å². The largest absolute Gasteiger partial charge is 0.465 e. The second kappa shape index (κ2) is 5.83. The molecular weight excluding hydrogens is 204 g/mol. The smallest absolute Gasteiger partial charge is 0.311 e. The molecule has 0 spiro atoms. The molecule has 0 rings (SSSR count). The Bertz CT molecular complexity index is 288. The molecule has 0 radical (unpaired) electrons. The lowest BCUT2D eigenvalue weighted by molar-refractivity contribution is -0.156. The van der Waals surface area contributed by atoms with E-state index in [0.717, 1.165) is 0 Å². The fourth-order valence-electron chi connectivity index (χ4n) is 1.06. The Kier molecular flexibility index (Phi) is 5.42. The molecule has 92 valence electrons. The van der Waals surface area contributed by atoms with E-state index in [0.29, 0.717) is 18.1 Å². The van der Waals surface area contributed by atoms with Gasteiger partial charge >= 0.3 is 5.97 Å². The molecule has 3 heteroatoms. The molecule has 0 aromatic carbocycles. The fourth-order valence-corrected chi connectivity index (χ4v) is 1.06. The summed E-state index contributed by atoms with van der Waals surface area (Å²) in [5.41, 5.74) is -0.296. The van der Waals surface area contributed by atoms with E-state index >= 15 is 0 Å². The van der Waals surface area contributed by atoms with Crippen LogP contribution in [0.3, 0.4) is 0 Å². The third-order valence-electron chi connectivity index (χ3n) is 2.18. The number of rotatable bonds is 6. The minimum atomic E-state index is -0.773. The van der Waals surface area contributed by atoms with Crippen molar-refractivity contribution in [2.75, 3.05) is 6.61 Å². The van der Waals surface area contributed by atoms with Crippen molar-refractivity contribution in [1.29, 1.82) is 0 Å². The van der Waals surface area contributed by atoms with Gasteiger partial charge in [-0.1, -0.05) is 20.4 Å². The van der Waals surface area contributed by atoms with Crippen LogP contribution in [0.5, 0.6) is 0 Å². The topological polar surface area (TPSA) is 43.4 Å². The van der Waals surface area contributed by atoms with E-state index in [1.807, 2.05) is 13.8 Å². The highest BCUT2D eigenvalue weighted by atomic mass is 16.5. The summed E-state index contributed by atoms with van der Waals surface area (Å²) in [6.45, 7) is 13.0. The van der Waals surface area contributed by atoms with Gasteiger partial charge in [0.25, 0.3) is 0 Å². The van der Waals surface area contributed by atoms with Crippen molar-refractivity contribution >= 4 is 11.8 Å². The second-order valence-corrected chi connectivity index (χ2v) is 5.26. The van der Waals surface area contributed by atoms with Crippen molar-refractivity contribution < 1.29 is 14.3 Å². The Balaban J connectivity index is 4.36. The SMILES string of the molecule is C=C(C)C(=O)CC(C)(C)C(=O)OCC(C)C. The van der Waals surface area contributed by atoms with Crippen molar-refractivity contribution in [3.8, 4) is 0 Å². The summed E-state index contributed by atoms with van der Waals surface area (Å²) in [5, 5.41) is 0. The first-order chi connectivity index (χ1) is 7.16. The summed E-state index contributed by atoms with van der Waals surface area (Å²) in [6.07, 6.45) is 0.152. The number of hydrogen-bond acceptors (Lipinski definition) is 3. The number of ether oxygens (including phenoxy) is 1. The first-order valence-electron chi connectivity index (χ1n) is 5.52. The fraction of sp³-hybridized carbons (Fsp3) is 0.692. The minimum absolute atomic E-state index is 0.0912. The molecule has 0 aliphatic carbocycles. The third kappa shape index (κ3) is 5.10. The monoisotopic (exact) mass is 226 g/mol. The molecule has 0 bridgehead atoms. The average Bonchev–Trinajstić information content (AvgIpc) is 2.12. The lowest BCUT2D eigenvalue weighted by atomic mass is 9.86. The molecular formula is C13H22O3. The van der Waals surface area contributed by atoms with Crippen LogP contribution in [0.25, 0.3) is 0 Å². The van der Waals surface area contributed by atoms with Gasteiger partial charge in [-0.15, -0.1) is 0 Å². The lowest BCUT2D eigenvalue weighted by Crippen LogP contribution is -2.30. The molecule has 0 aliphatic rings. The maximum Gasteiger partial charge on any atom is 0.311 e. The van der Waals surface area contributed by atoms with Gasteiger partial charge in [0.2, 0.25) is 0 Å². The number of esters is 1. The predicted molar refractivity (Wildman–Crippen MR) is 64.0 cm³/mol. The molecule has 0 aromatic rings. The second-order valence-electron chi connectivity index (χ2n) is 5.26. The number of carbonyl (C=O) groups is 2. The Morgan fingerprint density at radius 3 is 2.19 bits per heavy atom. The van der Waals surface area contributed by atoms with Crippen molar-refractivity contribution in [2.45, 2.75) is 41.0 Å². The van der Waals surface area contributed by atoms with E-state index in [-0.39, 0.29) is 18.2 Å². The summed E-state index contributed by atoms with van der Waals surface area (Å²) in [5.74, 6) is -0.112. The van der Waals surface area contributed by atoms with E-state index in [1.54, 1.807) is 20.8 Å². The van der Waals surface area contributed by atoms with E-state index in [9.17, 15) is 9.59 Å². The highest BCUT2D eigenvalue weighted by molar-refractivity contribution is 5.97. The molecule has 0 heterocycles. The molecule has 0 amide bonds. The van der Waals surface area contributed by atoms with Crippen LogP contribution in [0.4, 0.5) is 0 Å². The quantitative estimate of drug-likeness (QED) is 0.516. The molecule has 16 heavy (non-hydrogen) atoms. The predicted octanol–water partition coefficient (Wildman–Crippen LogP) is 2.75. The van der Waals surface area contributed by atoms with Crippen molar-refractivity contribution in [3.63, 3.8) is 0 Å². The first kappa shape index (κ1) is 14.9. The molecule has 0 aliphatic heterocycles. The number of carbonyl (C=O) groups excluding carboxylic acids is 2. The normalized spacial score (nSPS) is 11.4. The van der Waals surface area contributed by atoms with Gasteiger partial charge < -0.3 is 4.74 Å². The highest BCUT2D eigenvalue weighted by Gasteiger charge is 2.32. The summed E-state index contributed by atoms with van der Waals surface area (Å²) in [7, 11) is 0. The van der Waals surface area contributed by atoms with E-state index in [2.05, 4.69) is 6.58 Å². The summed E-state index contributed by atoms with van der Waals surface area (Å²) >= 11 is 0. The highest BCUT2D eigenvalue weighted by Crippen LogP contribution is 2.24. The van der Waals surface area contributed by atoms with Gasteiger partial charge in [-0.25, -0.2) is 0 Å². The molecule has 0 saturated heterocycles. The van der Waals surface area contributed by atoms with Crippen LogP contribution in [0, 0.1) is 11.3 Å². The van der Waals surface area contributed by atoms with Crippen LogP contribution in [-0.2, 0) is 14.3 Å². The number of hydrogen-bond donors (Lipinski definition) is 0.